The van der Waals surface area contributed by atoms with E-state index in [-0.39, 0.29) is 15.6 Å². The van der Waals surface area contributed by atoms with Gasteiger partial charge < -0.3 is 0 Å². The molecule has 0 aliphatic rings. The zero-order chi connectivity index (χ0) is 21.0. The molecule has 150 valence electrons. The van der Waals surface area contributed by atoms with E-state index in [4.69, 9.17) is 0 Å². The molecule has 4 nitrogen and oxygen atoms in total. The van der Waals surface area contributed by atoms with Crippen LogP contribution in [-0.4, -0.2) is 19.2 Å². The van der Waals surface area contributed by atoms with E-state index in [2.05, 4.69) is 4.98 Å². The second kappa shape index (κ2) is 8.59. The van der Waals surface area contributed by atoms with Crippen LogP contribution in [0.3, 0.4) is 0 Å². The van der Waals surface area contributed by atoms with Crippen LogP contribution in [0.2, 0.25) is 0 Å². The number of sulfone groups is 1. The molecule has 0 N–H and O–H groups in total. The van der Waals surface area contributed by atoms with E-state index in [0.29, 0.717) is 19.3 Å². The van der Waals surface area contributed by atoms with Crippen molar-refractivity contribution < 1.29 is 13.2 Å². The molecule has 5 heteroatoms. The smallest absolute Gasteiger partial charge is 0.206 e. The predicted molar refractivity (Wildman–Crippen MR) is 117 cm³/mol. The minimum absolute atomic E-state index is 0.152. The minimum atomic E-state index is -3.52. The molecule has 0 aliphatic heterocycles. The third kappa shape index (κ3) is 4.47. The van der Waals surface area contributed by atoms with Crippen molar-refractivity contribution in [3.8, 4) is 0 Å². The van der Waals surface area contributed by atoms with Crippen molar-refractivity contribution in [3.63, 3.8) is 0 Å². The van der Waals surface area contributed by atoms with E-state index >= 15 is 0 Å². The van der Waals surface area contributed by atoms with Gasteiger partial charge in [-0.1, -0.05) is 42.5 Å². The Bertz CT molecular complexity index is 1280. The molecule has 30 heavy (non-hydrogen) atoms. The Morgan fingerprint density at radius 1 is 0.767 bits per heavy atom. The highest BCUT2D eigenvalue weighted by molar-refractivity contribution is 7.91. The lowest BCUT2D eigenvalue weighted by atomic mass is 10.0. The fourth-order valence-electron chi connectivity index (χ4n) is 3.41. The van der Waals surface area contributed by atoms with Crippen molar-refractivity contribution in [2.45, 2.75) is 29.1 Å². The first-order chi connectivity index (χ1) is 14.5. The topological polar surface area (TPSA) is 64.1 Å². The van der Waals surface area contributed by atoms with Gasteiger partial charge >= 0.3 is 0 Å². The number of pyridine rings is 1. The predicted octanol–water partition coefficient (Wildman–Crippen LogP) is 4.81. The Kier molecular flexibility index (Phi) is 5.72. The second-order valence-electron chi connectivity index (χ2n) is 7.21. The number of carbonyl (C=O) groups excluding carboxylic acids is 1. The van der Waals surface area contributed by atoms with Crippen molar-refractivity contribution in [3.05, 3.63) is 102 Å². The molecule has 3 aromatic carbocycles. The third-order valence-electron chi connectivity index (χ3n) is 5.05. The summed E-state index contributed by atoms with van der Waals surface area (Å²) in [6.45, 7) is 0. The maximum Gasteiger partial charge on any atom is 0.206 e. The molecule has 0 radical (unpaired) electrons. The summed E-state index contributed by atoms with van der Waals surface area (Å²) in [7, 11) is -3.52. The van der Waals surface area contributed by atoms with Gasteiger partial charge in [0.15, 0.2) is 0 Å². The monoisotopic (exact) mass is 415 g/mol. The first-order valence-corrected chi connectivity index (χ1v) is 11.3. The number of Topliss-reactive ketones (excluding diaryl/α,β-unsaturated/α-hetero) is 1. The van der Waals surface area contributed by atoms with Gasteiger partial charge in [0.25, 0.3) is 0 Å². The fraction of sp³-hybridized carbons (Fsp3) is 0.120. The lowest BCUT2D eigenvalue weighted by molar-refractivity contribution is -0.118. The van der Waals surface area contributed by atoms with Crippen LogP contribution in [0.5, 0.6) is 0 Å². The zero-order valence-corrected chi connectivity index (χ0v) is 17.2. The van der Waals surface area contributed by atoms with Gasteiger partial charge in [0.1, 0.15) is 5.78 Å². The van der Waals surface area contributed by atoms with Gasteiger partial charge in [0.05, 0.1) is 15.3 Å². The molecule has 1 heterocycles. The van der Waals surface area contributed by atoms with Crippen LogP contribution < -0.4 is 0 Å². The molecule has 0 saturated carbocycles. The maximum atomic E-state index is 12.6. The van der Waals surface area contributed by atoms with E-state index in [1.807, 2.05) is 30.3 Å². The van der Waals surface area contributed by atoms with Gasteiger partial charge in [-0.25, -0.2) is 8.42 Å². The maximum absolute atomic E-state index is 12.6. The quantitative estimate of drug-likeness (QED) is 0.434. The van der Waals surface area contributed by atoms with Crippen molar-refractivity contribution in [2.24, 2.45) is 0 Å². The summed E-state index contributed by atoms with van der Waals surface area (Å²) in [5.41, 5.74) is 2.84. The van der Waals surface area contributed by atoms with E-state index in [9.17, 15) is 13.2 Å². The van der Waals surface area contributed by atoms with Gasteiger partial charge in [-0.2, -0.15) is 0 Å². The molecule has 4 aromatic rings. The number of carbonyl (C=O) groups is 1. The number of nitrogens with zero attached hydrogens (tertiary/aromatic N) is 1. The SMILES string of the molecule is O=C(CCc1ccc(S(=O)(=O)c2ccccc2)cc1)Cc1ccc2ncccc2c1. The van der Waals surface area contributed by atoms with Crippen LogP contribution in [0.1, 0.15) is 17.5 Å². The third-order valence-corrected chi connectivity index (χ3v) is 6.83. The van der Waals surface area contributed by atoms with Gasteiger partial charge in [0.2, 0.25) is 9.84 Å². The van der Waals surface area contributed by atoms with Crippen LogP contribution in [0.15, 0.2) is 101 Å². The zero-order valence-electron chi connectivity index (χ0n) is 16.4. The molecule has 1 aromatic heterocycles. The van der Waals surface area contributed by atoms with E-state index in [0.717, 1.165) is 22.0 Å². The molecule has 0 saturated heterocycles. The van der Waals surface area contributed by atoms with Crippen LogP contribution in [-0.2, 0) is 27.5 Å². The second-order valence-corrected chi connectivity index (χ2v) is 9.16. The summed E-state index contributed by atoms with van der Waals surface area (Å²) >= 11 is 0. The van der Waals surface area contributed by atoms with Crippen LogP contribution in [0, 0.1) is 0 Å². The molecular weight excluding hydrogens is 394 g/mol. The molecule has 4 rings (SSSR count). The number of rotatable bonds is 7. The molecule has 0 unspecified atom stereocenters. The highest BCUT2D eigenvalue weighted by atomic mass is 32.2. The fourth-order valence-corrected chi connectivity index (χ4v) is 4.69. The number of aryl methyl sites for hydroxylation is 1. The molecule has 0 fully saturated rings. The number of hydrogen-bond acceptors (Lipinski definition) is 4. The summed E-state index contributed by atoms with van der Waals surface area (Å²) in [6.07, 6.45) is 3.13. The Hall–Kier alpha value is -3.31. The Morgan fingerprint density at radius 2 is 1.47 bits per heavy atom. The minimum Gasteiger partial charge on any atom is -0.299 e. The molecule has 0 atom stereocenters. The lowest BCUT2D eigenvalue weighted by Gasteiger charge is -2.07. The summed E-state index contributed by atoms with van der Waals surface area (Å²) < 4.78 is 25.3. The van der Waals surface area contributed by atoms with Gasteiger partial charge in [-0.05, 0) is 60.0 Å². The van der Waals surface area contributed by atoms with Crippen LogP contribution in [0.4, 0.5) is 0 Å². The van der Waals surface area contributed by atoms with Crippen molar-refractivity contribution in [1.29, 1.82) is 0 Å². The number of aromatic nitrogens is 1. The summed E-state index contributed by atoms with van der Waals surface area (Å²) in [5.74, 6) is 0.152. The van der Waals surface area contributed by atoms with E-state index in [1.165, 1.54) is 0 Å². The highest BCUT2D eigenvalue weighted by Gasteiger charge is 2.16. The Labute approximate surface area is 176 Å². The van der Waals surface area contributed by atoms with Crippen LogP contribution in [0.25, 0.3) is 10.9 Å². The number of fused-ring (bicyclic) bond motifs is 1. The van der Waals surface area contributed by atoms with Crippen molar-refractivity contribution in [1.82, 2.24) is 4.98 Å². The highest BCUT2D eigenvalue weighted by Crippen LogP contribution is 2.21. The van der Waals surface area contributed by atoms with Gasteiger partial charge in [-0.15, -0.1) is 0 Å². The van der Waals surface area contributed by atoms with Gasteiger partial charge in [0, 0.05) is 24.4 Å². The first-order valence-electron chi connectivity index (χ1n) is 9.77. The van der Waals surface area contributed by atoms with Crippen molar-refractivity contribution in [2.75, 3.05) is 0 Å². The summed E-state index contributed by atoms with van der Waals surface area (Å²) in [6, 6.07) is 24.9. The summed E-state index contributed by atoms with van der Waals surface area (Å²) in [4.78, 5) is 17.2. The standard InChI is InChI=1S/C25H21NO3S/c27-22(18-20-11-15-25-21(17-20)5-4-16-26-25)12-8-19-9-13-24(14-10-19)30(28,29)23-6-2-1-3-7-23/h1-7,9-11,13-17H,8,12,18H2. The first kappa shape index (κ1) is 20.0. The number of hydrogen-bond donors (Lipinski definition) is 0. The Balaban J connectivity index is 1.38. The largest absolute Gasteiger partial charge is 0.299 e. The number of benzene rings is 3. The normalized spacial score (nSPS) is 11.5. The molecular formula is C25H21NO3S. The molecule has 0 spiro atoms. The molecule has 0 aliphatic carbocycles. The lowest BCUT2D eigenvalue weighted by Crippen LogP contribution is -2.05. The van der Waals surface area contributed by atoms with E-state index < -0.39 is 9.84 Å². The summed E-state index contributed by atoms with van der Waals surface area (Å²) in [5, 5.41) is 1.03. The van der Waals surface area contributed by atoms with Crippen LogP contribution >= 0.6 is 0 Å². The van der Waals surface area contributed by atoms with E-state index in [1.54, 1.807) is 60.8 Å². The molecule has 0 bridgehead atoms. The number of ketones is 1. The average Bonchev–Trinajstić information content (AvgIpc) is 2.78. The Morgan fingerprint density at radius 3 is 2.23 bits per heavy atom. The van der Waals surface area contributed by atoms with Gasteiger partial charge in [-0.3, -0.25) is 9.78 Å². The van der Waals surface area contributed by atoms with Crippen molar-refractivity contribution >= 4 is 26.5 Å². The average molecular weight is 416 g/mol. The molecule has 0 amide bonds.